The van der Waals surface area contributed by atoms with E-state index in [9.17, 15) is 14.4 Å². The molecule has 1 N–H and O–H groups in total. The van der Waals surface area contributed by atoms with Gasteiger partial charge in [0.25, 0.3) is 0 Å². The van der Waals surface area contributed by atoms with Crippen molar-refractivity contribution in [1.29, 1.82) is 0 Å². The van der Waals surface area contributed by atoms with E-state index >= 15 is 0 Å². The van der Waals surface area contributed by atoms with Gasteiger partial charge in [0.05, 0.1) is 29.9 Å². The first-order valence-corrected chi connectivity index (χ1v) is 8.14. The SMILES string of the molecule is O=C1CC(C(=O)N2CCCC(Oc3ncc(Cl)cn3)C2)CC(=O)N1. The molecule has 0 aromatic carbocycles. The average molecular weight is 353 g/mol. The highest BCUT2D eigenvalue weighted by atomic mass is 35.5. The lowest BCUT2D eigenvalue weighted by Gasteiger charge is -2.35. The quantitative estimate of drug-likeness (QED) is 0.797. The third-order valence-corrected chi connectivity index (χ3v) is 4.25. The molecule has 1 aromatic rings. The van der Waals surface area contributed by atoms with Gasteiger partial charge < -0.3 is 9.64 Å². The minimum atomic E-state index is -0.586. The van der Waals surface area contributed by atoms with E-state index in [1.807, 2.05) is 0 Å². The van der Waals surface area contributed by atoms with Crippen LogP contribution in [0, 0.1) is 5.92 Å². The summed E-state index contributed by atoms with van der Waals surface area (Å²) in [6.07, 6.45) is 4.32. The van der Waals surface area contributed by atoms with Crippen molar-refractivity contribution in [3.63, 3.8) is 0 Å². The van der Waals surface area contributed by atoms with E-state index in [2.05, 4.69) is 15.3 Å². The number of amides is 3. The van der Waals surface area contributed by atoms with E-state index in [-0.39, 0.29) is 30.9 Å². The minimum absolute atomic E-state index is 0.0485. The molecular formula is C15H17ClN4O4. The first-order valence-electron chi connectivity index (χ1n) is 7.77. The summed E-state index contributed by atoms with van der Waals surface area (Å²) in [4.78, 5) is 45.1. The van der Waals surface area contributed by atoms with Crippen LogP contribution in [0.4, 0.5) is 0 Å². The van der Waals surface area contributed by atoms with Gasteiger partial charge >= 0.3 is 6.01 Å². The molecule has 0 bridgehead atoms. The van der Waals surface area contributed by atoms with Crippen LogP contribution in [0.15, 0.2) is 12.4 Å². The van der Waals surface area contributed by atoms with Gasteiger partial charge in [-0.15, -0.1) is 0 Å². The van der Waals surface area contributed by atoms with Crippen LogP contribution in [0.25, 0.3) is 0 Å². The Labute approximate surface area is 143 Å². The maximum atomic E-state index is 12.6. The number of carbonyl (C=O) groups excluding carboxylic acids is 3. The van der Waals surface area contributed by atoms with Gasteiger partial charge in [0.2, 0.25) is 17.7 Å². The maximum absolute atomic E-state index is 12.6. The van der Waals surface area contributed by atoms with Crippen LogP contribution in [0.1, 0.15) is 25.7 Å². The fraction of sp³-hybridized carbons (Fsp3) is 0.533. The van der Waals surface area contributed by atoms with Gasteiger partial charge in [0, 0.05) is 19.4 Å². The molecule has 128 valence electrons. The summed E-state index contributed by atoms with van der Waals surface area (Å²) >= 11 is 5.74. The molecule has 9 heteroatoms. The Morgan fingerprint density at radius 1 is 1.25 bits per heavy atom. The molecule has 0 saturated carbocycles. The van der Waals surface area contributed by atoms with Gasteiger partial charge in [-0.05, 0) is 12.8 Å². The molecular weight excluding hydrogens is 336 g/mol. The number of halogens is 1. The highest BCUT2D eigenvalue weighted by Gasteiger charge is 2.35. The smallest absolute Gasteiger partial charge is 0.316 e. The van der Waals surface area contributed by atoms with Crippen LogP contribution in [0.3, 0.4) is 0 Å². The lowest BCUT2D eigenvalue weighted by atomic mass is 9.94. The summed E-state index contributed by atoms with van der Waals surface area (Å²) in [5.74, 6) is -1.56. The Balaban J connectivity index is 1.60. The number of aromatic nitrogens is 2. The Bertz CT molecular complexity index is 635. The van der Waals surface area contributed by atoms with E-state index in [1.54, 1.807) is 4.90 Å². The summed E-state index contributed by atoms with van der Waals surface area (Å²) in [7, 11) is 0. The molecule has 1 aromatic heterocycles. The Morgan fingerprint density at radius 2 is 1.92 bits per heavy atom. The van der Waals surface area contributed by atoms with Gasteiger partial charge in [0.15, 0.2) is 0 Å². The standard InChI is InChI=1S/C15H17ClN4O4/c16-10-6-17-15(18-7-10)24-11-2-1-3-20(8-11)14(23)9-4-12(21)19-13(22)5-9/h6-7,9,11H,1-5,8H2,(H,19,21,22). The van der Waals surface area contributed by atoms with E-state index < -0.39 is 17.7 Å². The summed E-state index contributed by atoms with van der Waals surface area (Å²) in [6, 6.07) is 0.214. The monoisotopic (exact) mass is 352 g/mol. The minimum Gasteiger partial charge on any atom is -0.458 e. The molecule has 2 fully saturated rings. The molecule has 3 rings (SSSR count). The average Bonchev–Trinajstić information content (AvgIpc) is 2.56. The van der Waals surface area contributed by atoms with Crippen molar-refractivity contribution < 1.29 is 19.1 Å². The number of likely N-dealkylation sites (tertiary alicyclic amines) is 1. The van der Waals surface area contributed by atoms with Crippen molar-refractivity contribution in [2.45, 2.75) is 31.8 Å². The molecule has 0 radical (unpaired) electrons. The second kappa shape index (κ2) is 7.12. The molecule has 1 atom stereocenters. The molecule has 8 nitrogen and oxygen atoms in total. The normalized spacial score (nSPS) is 22.2. The van der Waals surface area contributed by atoms with E-state index in [1.165, 1.54) is 12.4 Å². The number of nitrogens with zero attached hydrogens (tertiary/aromatic N) is 3. The zero-order chi connectivity index (χ0) is 17.1. The number of rotatable bonds is 3. The second-order valence-corrected chi connectivity index (χ2v) is 6.36. The molecule has 24 heavy (non-hydrogen) atoms. The van der Waals surface area contributed by atoms with E-state index in [0.717, 1.165) is 12.8 Å². The largest absolute Gasteiger partial charge is 0.458 e. The summed E-state index contributed by atoms with van der Waals surface area (Å²) < 4.78 is 5.70. The van der Waals surface area contributed by atoms with Gasteiger partial charge in [0.1, 0.15) is 6.10 Å². The Morgan fingerprint density at radius 3 is 2.58 bits per heavy atom. The number of hydrogen-bond acceptors (Lipinski definition) is 6. The molecule has 0 aliphatic carbocycles. The fourth-order valence-corrected chi connectivity index (χ4v) is 3.05. The number of hydrogen-bond donors (Lipinski definition) is 1. The topological polar surface area (TPSA) is 101 Å². The molecule has 0 spiro atoms. The van der Waals surface area contributed by atoms with Crippen molar-refractivity contribution in [2.75, 3.05) is 13.1 Å². The lowest BCUT2D eigenvalue weighted by molar-refractivity contribution is -0.146. The van der Waals surface area contributed by atoms with Gasteiger partial charge in [-0.1, -0.05) is 11.6 Å². The third kappa shape index (κ3) is 4.00. The van der Waals surface area contributed by atoms with Gasteiger partial charge in [-0.3, -0.25) is 19.7 Å². The number of piperidine rings is 2. The lowest BCUT2D eigenvalue weighted by Crippen LogP contribution is -2.50. The van der Waals surface area contributed by atoms with Crippen molar-refractivity contribution >= 4 is 29.3 Å². The van der Waals surface area contributed by atoms with Crippen molar-refractivity contribution in [1.82, 2.24) is 20.2 Å². The Kier molecular flexibility index (Phi) is 4.94. The summed E-state index contributed by atoms with van der Waals surface area (Å²) in [6.45, 7) is 0.976. The number of ether oxygens (including phenoxy) is 1. The van der Waals surface area contributed by atoms with Gasteiger partial charge in [-0.25, -0.2) is 9.97 Å². The van der Waals surface area contributed by atoms with E-state index in [4.69, 9.17) is 16.3 Å². The molecule has 2 aliphatic rings. The van der Waals surface area contributed by atoms with Crippen LogP contribution >= 0.6 is 11.6 Å². The zero-order valence-corrected chi connectivity index (χ0v) is 13.7. The zero-order valence-electron chi connectivity index (χ0n) is 12.9. The Hall–Kier alpha value is -2.22. The van der Waals surface area contributed by atoms with Crippen LogP contribution < -0.4 is 10.1 Å². The first-order chi connectivity index (χ1) is 11.5. The number of imide groups is 1. The molecule has 3 amide bonds. The van der Waals surface area contributed by atoms with Crippen molar-refractivity contribution in [3.05, 3.63) is 17.4 Å². The van der Waals surface area contributed by atoms with Crippen LogP contribution in [0.5, 0.6) is 6.01 Å². The number of carbonyl (C=O) groups is 3. The molecule has 1 unspecified atom stereocenters. The number of nitrogens with one attached hydrogen (secondary N) is 1. The first kappa shape index (κ1) is 16.6. The maximum Gasteiger partial charge on any atom is 0.316 e. The second-order valence-electron chi connectivity index (χ2n) is 5.93. The third-order valence-electron chi connectivity index (χ3n) is 4.05. The van der Waals surface area contributed by atoms with Gasteiger partial charge in [-0.2, -0.15) is 0 Å². The van der Waals surface area contributed by atoms with Crippen molar-refractivity contribution in [3.8, 4) is 6.01 Å². The molecule has 2 saturated heterocycles. The highest BCUT2D eigenvalue weighted by Crippen LogP contribution is 2.21. The molecule has 3 heterocycles. The predicted octanol–water partition coefficient (Wildman–Crippen LogP) is 0.553. The van der Waals surface area contributed by atoms with E-state index in [0.29, 0.717) is 18.1 Å². The fourth-order valence-electron chi connectivity index (χ4n) is 2.96. The molecule has 2 aliphatic heterocycles. The van der Waals surface area contributed by atoms with Crippen LogP contribution in [-0.4, -0.2) is 51.8 Å². The summed E-state index contributed by atoms with van der Waals surface area (Å²) in [5.41, 5.74) is 0. The van der Waals surface area contributed by atoms with Crippen molar-refractivity contribution in [2.24, 2.45) is 5.92 Å². The summed E-state index contributed by atoms with van der Waals surface area (Å²) in [5, 5.41) is 2.63. The van der Waals surface area contributed by atoms with Crippen LogP contribution in [-0.2, 0) is 14.4 Å². The highest BCUT2D eigenvalue weighted by molar-refractivity contribution is 6.30. The predicted molar refractivity (Wildman–Crippen MR) is 83.1 cm³/mol. The van der Waals surface area contributed by atoms with Crippen LogP contribution in [0.2, 0.25) is 5.02 Å².